The molecule has 1 unspecified atom stereocenters. The second kappa shape index (κ2) is 5.25. The van der Waals surface area contributed by atoms with Crippen LogP contribution in [0.15, 0.2) is 42.5 Å². The summed E-state index contributed by atoms with van der Waals surface area (Å²) in [5, 5.41) is 10.1. The van der Waals surface area contributed by atoms with Gasteiger partial charge in [0, 0.05) is 0 Å². The highest BCUT2D eigenvalue weighted by atomic mass is 19.4. The normalized spacial score (nSPS) is 13.3. The molecule has 0 radical (unpaired) electrons. The smallest absolute Gasteiger partial charge is 0.384 e. The summed E-state index contributed by atoms with van der Waals surface area (Å²) in [4.78, 5) is 0. The molecule has 0 aliphatic carbocycles. The first kappa shape index (κ1) is 14.5. The molecule has 1 nitrogen and oxygen atoms in total. The molecule has 0 fully saturated rings. The number of alkyl halides is 3. The van der Waals surface area contributed by atoms with E-state index >= 15 is 0 Å². The fraction of sp³-hybridized carbons (Fsp3) is 0.200. The summed E-state index contributed by atoms with van der Waals surface area (Å²) in [6.45, 7) is 1.86. The molecule has 0 aliphatic heterocycles. The van der Waals surface area contributed by atoms with Crippen LogP contribution in [0.3, 0.4) is 0 Å². The summed E-state index contributed by atoms with van der Waals surface area (Å²) >= 11 is 0. The minimum Gasteiger partial charge on any atom is -0.384 e. The summed E-state index contributed by atoms with van der Waals surface area (Å²) in [6, 6.07) is 9.23. The lowest BCUT2D eigenvalue weighted by atomic mass is 9.98. The Hall–Kier alpha value is -1.88. The molecular weight excluding hydrogens is 272 g/mol. The van der Waals surface area contributed by atoms with Crippen LogP contribution in [0.25, 0.3) is 0 Å². The Balaban J connectivity index is 2.40. The Kier molecular flexibility index (Phi) is 3.81. The average Bonchev–Trinajstić information content (AvgIpc) is 2.38. The van der Waals surface area contributed by atoms with E-state index in [0.717, 1.165) is 17.7 Å². The van der Waals surface area contributed by atoms with E-state index in [1.54, 1.807) is 24.3 Å². The van der Waals surface area contributed by atoms with Crippen molar-refractivity contribution in [2.24, 2.45) is 0 Å². The van der Waals surface area contributed by atoms with Crippen LogP contribution in [-0.2, 0) is 6.18 Å². The predicted molar refractivity (Wildman–Crippen MR) is 66.6 cm³/mol. The van der Waals surface area contributed by atoms with Crippen LogP contribution < -0.4 is 0 Å². The summed E-state index contributed by atoms with van der Waals surface area (Å²) < 4.78 is 51.1. The molecule has 2 rings (SSSR count). The molecule has 1 atom stereocenters. The number of hydrogen-bond acceptors (Lipinski definition) is 1. The molecule has 1 N–H and O–H groups in total. The van der Waals surface area contributed by atoms with Crippen molar-refractivity contribution in [3.05, 3.63) is 70.5 Å². The SMILES string of the molecule is Cc1ccc(C(O)c2ccc(F)c(C(F)(F)F)c2)cc1. The van der Waals surface area contributed by atoms with Gasteiger partial charge in [0.15, 0.2) is 0 Å². The second-order valence-corrected chi connectivity index (χ2v) is 4.55. The predicted octanol–water partition coefficient (Wildman–Crippen LogP) is 4.23. The van der Waals surface area contributed by atoms with Crippen molar-refractivity contribution < 1.29 is 22.7 Å². The van der Waals surface area contributed by atoms with Crippen LogP contribution in [0.5, 0.6) is 0 Å². The van der Waals surface area contributed by atoms with Crippen molar-refractivity contribution in [1.29, 1.82) is 0 Å². The minimum atomic E-state index is -4.78. The zero-order valence-corrected chi connectivity index (χ0v) is 10.6. The van der Waals surface area contributed by atoms with Gasteiger partial charge in [-0.1, -0.05) is 35.9 Å². The van der Waals surface area contributed by atoms with E-state index in [1.807, 2.05) is 6.92 Å². The van der Waals surface area contributed by atoms with Crippen LogP contribution in [0, 0.1) is 12.7 Å². The molecule has 0 aliphatic rings. The van der Waals surface area contributed by atoms with Crippen LogP contribution >= 0.6 is 0 Å². The van der Waals surface area contributed by atoms with Gasteiger partial charge in [-0.2, -0.15) is 13.2 Å². The Morgan fingerprint density at radius 3 is 2.05 bits per heavy atom. The van der Waals surface area contributed by atoms with E-state index in [2.05, 4.69) is 0 Å². The maximum absolute atomic E-state index is 13.2. The zero-order chi connectivity index (χ0) is 14.9. The second-order valence-electron chi connectivity index (χ2n) is 4.55. The van der Waals surface area contributed by atoms with Gasteiger partial charge in [-0.15, -0.1) is 0 Å². The van der Waals surface area contributed by atoms with Crippen LogP contribution in [0.1, 0.15) is 28.4 Å². The third kappa shape index (κ3) is 2.99. The molecular formula is C15H12F4O. The van der Waals surface area contributed by atoms with Gasteiger partial charge >= 0.3 is 6.18 Å². The van der Waals surface area contributed by atoms with Crippen molar-refractivity contribution in [2.45, 2.75) is 19.2 Å². The van der Waals surface area contributed by atoms with Crippen molar-refractivity contribution >= 4 is 0 Å². The summed E-state index contributed by atoms with van der Waals surface area (Å²) in [7, 11) is 0. The van der Waals surface area contributed by atoms with Gasteiger partial charge in [-0.05, 0) is 30.2 Å². The molecule has 20 heavy (non-hydrogen) atoms. The average molecular weight is 284 g/mol. The molecule has 0 aromatic heterocycles. The van der Waals surface area contributed by atoms with Gasteiger partial charge < -0.3 is 5.11 Å². The van der Waals surface area contributed by atoms with E-state index in [-0.39, 0.29) is 5.56 Å². The molecule has 0 bridgehead atoms. The molecule has 0 amide bonds. The highest BCUT2D eigenvalue weighted by Gasteiger charge is 2.34. The molecule has 106 valence electrons. The van der Waals surface area contributed by atoms with E-state index in [9.17, 15) is 22.7 Å². The maximum Gasteiger partial charge on any atom is 0.419 e. The summed E-state index contributed by atoms with van der Waals surface area (Å²) in [6.07, 6.45) is -6.01. The quantitative estimate of drug-likeness (QED) is 0.818. The third-order valence-electron chi connectivity index (χ3n) is 3.00. The lowest BCUT2D eigenvalue weighted by Gasteiger charge is -2.15. The first-order valence-corrected chi connectivity index (χ1v) is 5.90. The number of halogens is 4. The standard InChI is InChI=1S/C15H12F4O/c1-9-2-4-10(5-3-9)14(20)11-6-7-13(16)12(8-11)15(17,18)19/h2-8,14,20H,1H3. The fourth-order valence-corrected chi connectivity index (χ4v) is 1.87. The Morgan fingerprint density at radius 1 is 0.950 bits per heavy atom. The molecule has 2 aromatic carbocycles. The van der Waals surface area contributed by atoms with Gasteiger partial charge in [0.05, 0.1) is 5.56 Å². The minimum absolute atomic E-state index is 0.00239. The van der Waals surface area contributed by atoms with Gasteiger partial charge in [0.1, 0.15) is 11.9 Å². The molecule has 0 saturated carbocycles. The van der Waals surface area contributed by atoms with Crippen molar-refractivity contribution in [3.8, 4) is 0 Å². The molecule has 0 heterocycles. The zero-order valence-electron chi connectivity index (χ0n) is 10.6. The number of aryl methyl sites for hydroxylation is 1. The number of aliphatic hydroxyl groups excluding tert-OH is 1. The Bertz CT molecular complexity index is 602. The van der Waals surface area contributed by atoms with Crippen molar-refractivity contribution in [1.82, 2.24) is 0 Å². The largest absolute Gasteiger partial charge is 0.419 e. The number of hydrogen-bond donors (Lipinski definition) is 1. The van der Waals surface area contributed by atoms with E-state index in [1.165, 1.54) is 0 Å². The maximum atomic E-state index is 13.2. The van der Waals surface area contributed by atoms with Gasteiger partial charge in [0.2, 0.25) is 0 Å². The van der Waals surface area contributed by atoms with E-state index in [0.29, 0.717) is 11.6 Å². The summed E-state index contributed by atoms with van der Waals surface area (Å²) in [5.41, 5.74) is 0.0510. The third-order valence-corrected chi connectivity index (χ3v) is 3.00. The fourth-order valence-electron chi connectivity index (χ4n) is 1.87. The first-order chi connectivity index (χ1) is 9.29. The number of rotatable bonds is 2. The van der Waals surface area contributed by atoms with Gasteiger partial charge in [-0.3, -0.25) is 0 Å². The van der Waals surface area contributed by atoms with Crippen LogP contribution in [0.4, 0.5) is 17.6 Å². The Morgan fingerprint density at radius 2 is 1.50 bits per heavy atom. The van der Waals surface area contributed by atoms with Crippen LogP contribution in [-0.4, -0.2) is 5.11 Å². The number of aliphatic hydroxyl groups is 1. The van der Waals surface area contributed by atoms with Gasteiger partial charge in [-0.25, -0.2) is 4.39 Å². The number of benzene rings is 2. The van der Waals surface area contributed by atoms with Crippen molar-refractivity contribution in [2.75, 3.05) is 0 Å². The lowest BCUT2D eigenvalue weighted by molar-refractivity contribution is -0.140. The van der Waals surface area contributed by atoms with Crippen molar-refractivity contribution in [3.63, 3.8) is 0 Å². The molecule has 0 saturated heterocycles. The van der Waals surface area contributed by atoms with E-state index < -0.39 is 23.7 Å². The molecule has 0 spiro atoms. The highest BCUT2D eigenvalue weighted by molar-refractivity contribution is 5.35. The van der Waals surface area contributed by atoms with Gasteiger partial charge in [0.25, 0.3) is 0 Å². The molecule has 5 heteroatoms. The van der Waals surface area contributed by atoms with E-state index in [4.69, 9.17) is 0 Å². The lowest BCUT2D eigenvalue weighted by Crippen LogP contribution is -2.10. The molecule has 2 aromatic rings. The topological polar surface area (TPSA) is 20.2 Å². The first-order valence-electron chi connectivity index (χ1n) is 5.90. The van der Waals surface area contributed by atoms with Crippen LogP contribution in [0.2, 0.25) is 0 Å². The Labute approximate surface area is 113 Å². The highest BCUT2D eigenvalue weighted by Crippen LogP contribution is 2.34. The monoisotopic (exact) mass is 284 g/mol. The summed E-state index contributed by atoms with van der Waals surface area (Å²) in [5.74, 6) is -1.35.